The number of halogens is 2. The summed E-state index contributed by atoms with van der Waals surface area (Å²) in [5.74, 6) is 0.190. The SMILES string of the molecule is CC(=O)c1c(C)[nH]c(C(=O)COc2c(C)cc(Br)cc2Cl)c1C. The highest BCUT2D eigenvalue weighted by molar-refractivity contribution is 9.10. The molecule has 0 unspecified atom stereocenters. The minimum Gasteiger partial charge on any atom is -0.484 e. The lowest BCUT2D eigenvalue weighted by molar-refractivity contribution is 0.0916. The Morgan fingerprint density at radius 3 is 2.43 bits per heavy atom. The first-order valence-electron chi connectivity index (χ1n) is 7.04. The quantitative estimate of drug-likeness (QED) is 0.735. The number of ether oxygens (including phenoxy) is 1. The lowest BCUT2D eigenvalue weighted by Crippen LogP contribution is -2.14. The second-order valence-corrected chi connectivity index (χ2v) is 6.75. The molecule has 6 heteroatoms. The Bertz CT molecular complexity index is 772. The lowest BCUT2D eigenvalue weighted by Gasteiger charge is -2.11. The number of benzene rings is 1. The van der Waals surface area contributed by atoms with E-state index in [2.05, 4.69) is 20.9 Å². The minimum atomic E-state index is -0.225. The van der Waals surface area contributed by atoms with Gasteiger partial charge in [0.05, 0.1) is 10.7 Å². The Labute approximate surface area is 148 Å². The van der Waals surface area contributed by atoms with Crippen LogP contribution in [0.1, 0.15) is 44.6 Å². The van der Waals surface area contributed by atoms with Gasteiger partial charge in [0.1, 0.15) is 5.75 Å². The number of nitrogens with one attached hydrogen (secondary N) is 1. The van der Waals surface area contributed by atoms with Gasteiger partial charge in [-0.05, 0) is 51.0 Å². The average Bonchev–Trinajstić information content (AvgIpc) is 2.72. The number of aromatic nitrogens is 1. The molecule has 0 saturated heterocycles. The van der Waals surface area contributed by atoms with Gasteiger partial charge >= 0.3 is 0 Å². The number of carbonyl (C=O) groups excluding carboxylic acids is 2. The molecule has 0 aliphatic heterocycles. The first kappa shape index (κ1) is 17.8. The summed E-state index contributed by atoms with van der Waals surface area (Å²) < 4.78 is 6.44. The molecule has 0 radical (unpaired) electrons. The first-order chi connectivity index (χ1) is 10.7. The summed E-state index contributed by atoms with van der Waals surface area (Å²) in [7, 11) is 0. The van der Waals surface area contributed by atoms with Crippen molar-refractivity contribution >= 4 is 39.1 Å². The van der Waals surface area contributed by atoms with E-state index in [4.69, 9.17) is 16.3 Å². The molecule has 1 aromatic heterocycles. The molecule has 0 aliphatic carbocycles. The third kappa shape index (κ3) is 3.67. The highest BCUT2D eigenvalue weighted by atomic mass is 79.9. The molecule has 1 heterocycles. The van der Waals surface area contributed by atoms with Gasteiger partial charge in [-0.2, -0.15) is 0 Å². The van der Waals surface area contributed by atoms with E-state index in [1.54, 1.807) is 19.9 Å². The van der Waals surface area contributed by atoms with E-state index < -0.39 is 0 Å². The fourth-order valence-corrected chi connectivity index (χ4v) is 3.66. The zero-order valence-electron chi connectivity index (χ0n) is 13.3. The van der Waals surface area contributed by atoms with Crippen LogP contribution in [0, 0.1) is 20.8 Å². The predicted molar refractivity (Wildman–Crippen MR) is 94.0 cm³/mol. The second-order valence-electron chi connectivity index (χ2n) is 5.43. The predicted octanol–water partition coefficient (Wildman–Crippen LogP) is 4.82. The van der Waals surface area contributed by atoms with Crippen molar-refractivity contribution in [1.82, 2.24) is 4.98 Å². The Balaban J connectivity index is 2.21. The van der Waals surface area contributed by atoms with Crippen LogP contribution in [-0.2, 0) is 0 Å². The molecule has 0 spiro atoms. The van der Waals surface area contributed by atoms with Crippen molar-refractivity contribution in [2.75, 3.05) is 6.61 Å². The summed E-state index contributed by atoms with van der Waals surface area (Å²) in [6, 6.07) is 3.58. The van der Waals surface area contributed by atoms with Crippen molar-refractivity contribution in [3.8, 4) is 5.75 Å². The number of carbonyl (C=O) groups is 2. The van der Waals surface area contributed by atoms with Gasteiger partial charge < -0.3 is 9.72 Å². The Kier molecular flexibility index (Phi) is 5.32. The Morgan fingerprint density at radius 2 is 1.91 bits per heavy atom. The third-order valence-electron chi connectivity index (χ3n) is 3.61. The van der Waals surface area contributed by atoms with Crippen molar-refractivity contribution in [3.05, 3.63) is 49.7 Å². The minimum absolute atomic E-state index is 0.0667. The van der Waals surface area contributed by atoms with Crippen LogP contribution in [0.3, 0.4) is 0 Å². The zero-order valence-corrected chi connectivity index (χ0v) is 15.7. The summed E-state index contributed by atoms with van der Waals surface area (Å²) in [5.41, 5.74) is 3.14. The number of aryl methyl sites for hydroxylation is 2. The number of aromatic amines is 1. The standard InChI is InChI=1S/C17H17BrClNO3/c1-8-5-12(18)6-13(19)17(8)23-7-14(22)16-9(2)15(11(4)21)10(3)20-16/h5-6,20H,7H2,1-4H3. The number of rotatable bonds is 5. The van der Waals surface area contributed by atoms with Crippen LogP contribution in [0.4, 0.5) is 0 Å². The number of ketones is 2. The number of H-pyrrole nitrogens is 1. The van der Waals surface area contributed by atoms with Gasteiger partial charge in [0, 0.05) is 15.7 Å². The van der Waals surface area contributed by atoms with E-state index >= 15 is 0 Å². The zero-order chi connectivity index (χ0) is 17.3. The van der Waals surface area contributed by atoms with Gasteiger partial charge in [-0.3, -0.25) is 9.59 Å². The normalized spacial score (nSPS) is 10.7. The number of Topliss-reactive ketones (excluding diaryl/α,β-unsaturated/α-hetero) is 2. The van der Waals surface area contributed by atoms with E-state index in [0.29, 0.717) is 33.3 Å². The maximum atomic E-state index is 12.4. The van der Waals surface area contributed by atoms with Gasteiger partial charge in [-0.15, -0.1) is 0 Å². The molecule has 1 N–H and O–H groups in total. The smallest absolute Gasteiger partial charge is 0.216 e. The molecule has 2 aromatic rings. The van der Waals surface area contributed by atoms with Crippen LogP contribution in [0.25, 0.3) is 0 Å². The van der Waals surface area contributed by atoms with Gasteiger partial charge in [0.15, 0.2) is 12.4 Å². The molecule has 2 rings (SSSR count). The molecule has 0 atom stereocenters. The van der Waals surface area contributed by atoms with E-state index in [1.165, 1.54) is 6.92 Å². The maximum Gasteiger partial charge on any atom is 0.216 e. The van der Waals surface area contributed by atoms with Crippen molar-refractivity contribution < 1.29 is 14.3 Å². The Hall–Kier alpha value is -1.59. The number of hydrogen-bond acceptors (Lipinski definition) is 3. The van der Waals surface area contributed by atoms with Crippen LogP contribution in [0.2, 0.25) is 5.02 Å². The monoisotopic (exact) mass is 397 g/mol. The fraction of sp³-hybridized carbons (Fsp3) is 0.294. The summed E-state index contributed by atoms with van der Waals surface area (Å²) in [5, 5.41) is 0.438. The average molecular weight is 399 g/mol. The van der Waals surface area contributed by atoms with Gasteiger partial charge in [-0.25, -0.2) is 0 Å². The van der Waals surface area contributed by atoms with Gasteiger partial charge in [0.2, 0.25) is 5.78 Å². The van der Waals surface area contributed by atoms with Crippen molar-refractivity contribution in [2.45, 2.75) is 27.7 Å². The van der Waals surface area contributed by atoms with Crippen molar-refractivity contribution in [3.63, 3.8) is 0 Å². The highest BCUT2D eigenvalue weighted by Crippen LogP contribution is 2.32. The number of hydrogen-bond donors (Lipinski definition) is 1. The highest BCUT2D eigenvalue weighted by Gasteiger charge is 2.20. The lowest BCUT2D eigenvalue weighted by atomic mass is 10.1. The van der Waals surface area contributed by atoms with E-state index in [0.717, 1.165) is 10.0 Å². The topological polar surface area (TPSA) is 59.2 Å². The van der Waals surface area contributed by atoms with Crippen LogP contribution >= 0.6 is 27.5 Å². The van der Waals surface area contributed by atoms with E-state index in [9.17, 15) is 9.59 Å². The summed E-state index contributed by atoms with van der Waals surface area (Å²) in [6.45, 7) is 6.72. The molecule has 122 valence electrons. The molecule has 4 nitrogen and oxygen atoms in total. The van der Waals surface area contributed by atoms with Crippen LogP contribution in [0.15, 0.2) is 16.6 Å². The molecule has 0 saturated carbocycles. The molecule has 0 bridgehead atoms. The Morgan fingerprint density at radius 1 is 1.26 bits per heavy atom. The van der Waals surface area contributed by atoms with Gasteiger partial charge in [0.25, 0.3) is 0 Å². The third-order valence-corrected chi connectivity index (χ3v) is 4.35. The van der Waals surface area contributed by atoms with Gasteiger partial charge in [-0.1, -0.05) is 27.5 Å². The fourth-order valence-electron chi connectivity index (χ4n) is 2.64. The summed E-state index contributed by atoms with van der Waals surface area (Å²) >= 11 is 9.50. The molecular weight excluding hydrogens is 382 g/mol. The largest absolute Gasteiger partial charge is 0.484 e. The van der Waals surface area contributed by atoms with E-state index in [1.807, 2.05) is 13.0 Å². The van der Waals surface area contributed by atoms with Crippen LogP contribution in [0.5, 0.6) is 5.75 Å². The van der Waals surface area contributed by atoms with Crippen LogP contribution < -0.4 is 4.74 Å². The van der Waals surface area contributed by atoms with E-state index in [-0.39, 0.29) is 18.2 Å². The molecule has 0 fully saturated rings. The summed E-state index contributed by atoms with van der Waals surface area (Å²) in [4.78, 5) is 27.0. The van der Waals surface area contributed by atoms with Crippen LogP contribution in [-0.4, -0.2) is 23.2 Å². The molecule has 23 heavy (non-hydrogen) atoms. The van der Waals surface area contributed by atoms with Crippen molar-refractivity contribution in [2.24, 2.45) is 0 Å². The molecular formula is C17H17BrClNO3. The molecule has 0 aliphatic rings. The molecule has 0 amide bonds. The first-order valence-corrected chi connectivity index (χ1v) is 8.21. The van der Waals surface area contributed by atoms with Crippen molar-refractivity contribution in [1.29, 1.82) is 0 Å². The molecule has 1 aromatic carbocycles. The maximum absolute atomic E-state index is 12.4. The second kappa shape index (κ2) is 6.89. The summed E-state index contributed by atoms with van der Waals surface area (Å²) in [6.07, 6.45) is 0.